The average molecular weight is 271 g/mol. The van der Waals surface area contributed by atoms with Gasteiger partial charge in [0.15, 0.2) is 0 Å². The van der Waals surface area contributed by atoms with Crippen LogP contribution in [-0.4, -0.2) is 30.0 Å². The standard InChI is InChI=1S/C16H33NO2/c1-3-4-5-6-8-14(2)19-12-10-15-9-7-11-16(15,18)13-17/h14-15,18H,3-13,17H2,1-2H3. The maximum atomic E-state index is 10.3. The summed E-state index contributed by atoms with van der Waals surface area (Å²) in [5.41, 5.74) is 5.08. The molecule has 1 rings (SSSR count). The summed E-state index contributed by atoms with van der Waals surface area (Å²) in [6.45, 7) is 5.56. The fourth-order valence-corrected chi connectivity index (χ4v) is 3.16. The van der Waals surface area contributed by atoms with Crippen molar-refractivity contribution in [3.8, 4) is 0 Å². The molecule has 3 heteroatoms. The van der Waals surface area contributed by atoms with Gasteiger partial charge in [-0.05, 0) is 38.5 Å². The predicted molar refractivity (Wildman–Crippen MR) is 80.1 cm³/mol. The third kappa shape index (κ3) is 5.80. The zero-order valence-electron chi connectivity index (χ0n) is 12.9. The first-order valence-corrected chi connectivity index (χ1v) is 8.16. The van der Waals surface area contributed by atoms with Crippen LogP contribution in [0.3, 0.4) is 0 Å². The smallest absolute Gasteiger partial charge is 0.0798 e. The van der Waals surface area contributed by atoms with Gasteiger partial charge >= 0.3 is 0 Å². The Hall–Kier alpha value is -0.120. The van der Waals surface area contributed by atoms with E-state index in [-0.39, 0.29) is 0 Å². The van der Waals surface area contributed by atoms with Crippen molar-refractivity contribution in [3.63, 3.8) is 0 Å². The van der Waals surface area contributed by atoms with Crippen LogP contribution in [0.5, 0.6) is 0 Å². The largest absolute Gasteiger partial charge is 0.388 e. The van der Waals surface area contributed by atoms with Gasteiger partial charge in [-0.15, -0.1) is 0 Å². The summed E-state index contributed by atoms with van der Waals surface area (Å²) in [5.74, 6) is 0.338. The van der Waals surface area contributed by atoms with E-state index in [1.165, 1.54) is 25.7 Å². The Morgan fingerprint density at radius 3 is 2.84 bits per heavy atom. The number of ether oxygens (including phenoxy) is 1. The zero-order chi connectivity index (χ0) is 14.1. The fourth-order valence-electron chi connectivity index (χ4n) is 3.16. The zero-order valence-corrected chi connectivity index (χ0v) is 12.9. The number of hydrogen-bond donors (Lipinski definition) is 2. The average Bonchev–Trinajstić information content (AvgIpc) is 2.77. The summed E-state index contributed by atoms with van der Waals surface area (Å²) < 4.78 is 5.87. The van der Waals surface area contributed by atoms with Crippen molar-refractivity contribution in [2.24, 2.45) is 11.7 Å². The molecule has 0 radical (unpaired) electrons. The van der Waals surface area contributed by atoms with Crippen LogP contribution in [-0.2, 0) is 4.74 Å². The summed E-state index contributed by atoms with van der Waals surface area (Å²) in [4.78, 5) is 0. The Bertz CT molecular complexity index is 235. The predicted octanol–water partition coefficient (Wildman–Crippen LogP) is 3.24. The highest BCUT2D eigenvalue weighted by atomic mass is 16.5. The molecular weight excluding hydrogens is 238 g/mol. The molecule has 3 N–H and O–H groups in total. The van der Waals surface area contributed by atoms with Gasteiger partial charge in [0.1, 0.15) is 0 Å². The highest BCUT2D eigenvalue weighted by Gasteiger charge is 2.39. The molecule has 114 valence electrons. The number of unbranched alkanes of at least 4 members (excludes halogenated alkanes) is 3. The van der Waals surface area contributed by atoms with Crippen molar-refractivity contribution in [1.29, 1.82) is 0 Å². The van der Waals surface area contributed by atoms with E-state index >= 15 is 0 Å². The second-order valence-corrected chi connectivity index (χ2v) is 6.22. The van der Waals surface area contributed by atoms with Crippen molar-refractivity contribution in [2.75, 3.05) is 13.2 Å². The molecule has 1 fully saturated rings. The molecule has 0 heterocycles. The van der Waals surface area contributed by atoms with Crippen molar-refractivity contribution in [2.45, 2.75) is 83.3 Å². The van der Waals surface area contributed by atoms with Crippen LogP contribution in [0, 0.1) is 5.92 Å². The van der Waals surface area contributed by atoms with E-state index in [1.807, 2.05) is 0 Å². The van der Waals surface area contributed by atoms with E-state index in [9.17, 15) is 5.11 Å². The Labute approximate surface area is 118 Å². The first-order chi connectivity index (χ1) is 9.12. The third-order valence-corrected chi connectivity index (χ3v) is 4.61. The third-order valence-electron chi connectivity index (χ3n) is 4.61. The van der Waals surface area contributed by atoms with Gasteiger partial charge in [-0.3, -0.25) is 0 Å². The molecule has 0 saturated heterocycles. The van der Waals surface area contributed by atoms with Gasteiger partial charge in [-0.25, -0.2) is 0 Å². The van der Waals surface area contributed by atoms with Gasteiger partial charge in [0, 0.05) is 13.2 Å². The lowest BCUT2D eigenvalue weighted by molar-refractivity contribution is -0.0145. The summed E-state index contributed by atoms with van der Waals surface area (Å²) in [6.07, 6.45) is 10.7. The normalized spacial score (nSPS) is 28.7. The molecule has 1 saturated carbocycles. The topological polar surface area (TPSA) is 55.5 Å². The Balaban J connectivity index is 2.09. The van der Waals surface area contributed by atoms with Crippen molar-refractivity contribution < 1.29 is 9.84 Å². The van der Waals surface area contributed by atoms with E-state index < -0.39 is 5.60 Å². The quantitative estimate of drug-likeness (QED) is 0.600. The summed E-state index contributed by atoms with van der Waals surface area (Å²) in [5, 5.41) is 10.3. The van der Waals surface area contributed by atoms with Crippen molar-refractivity contribution in [1.82, 2.24) is 0 Å². The molecule has 1 aliphatic rings. The highest BCUT2D eigenvalue weighted by Crippen LogP contribution is 2.37. The Kier molecular flexibility index (Phi) is 7.96. The minimum Gasteiger partial charge on any atom is -0.388 e. The van der Waals surface area contributed by atoms with Crippen LogP contribution >= 0.6 is 0 Å². The molecule has 3 nitrogen and oxygen atoms in total. The molecule has 0 bridgehead atoms. The molecule has 0 aromatic heterocycles. The van der Waals surface area contributed by atoms with Gasteiger partial charge in [-0.1, -0.05) is 39.0 Å². The lowest BCUT2D eigenvalue weighted by Crippen LogP contribution is -2.41. The summed E-state index contributed by atoms with van der Waals surface area (Å²) in [7, 11) is 0. The Morgan fingerprint density at radius 1 is 1.37 bits per heavy atom. The maximum Gasteiger partial charge on any atom is 0.0798 e. The number of hydrogen-bond acceptors (Lipinski definition) is 3. The molecule has 0 amide bonds. The van der Waals surface area contributed by atoms with Crippen LogP contribution in [0.1, 0.15) is 71.6 Å². The van der Waals surface area contributed by atoms with Crippen LogP contribution in [0.2, 0.25) is 0 Å². The molecule has 3 atom stereocenters. The molecule has 0 spiro atoms. The first kappa shape index (κ1) is 16.9. The van der Waals surface area contributed by atoms with E-state index in [4.69, 9.17) is 10.5 Å². The monoisotopic (exact) mass is 271 g/mol. The van der Waals surface area contributed by atoms with E-state index in [0.29, 0.717) is 18.6 Å². The van der Waals surface area contributed by atoms with Gasteiger partial charge in [-0.2, -0.15) is 0 Å². The van der Waals surface area contributed by atoms with Crippen LogP contribution in [0.15, 0.2) is 0 Å². The SMILES string of the molecule is CCCCCCC(C)OCCC1CCCC1(O)CN. The first-order valence-electron chi connectivity index (χ1n) is 8.16. The molecular formula is C16H33NO2. The van der Waals surface area contributed by atoms with E-state index in [2.05, 4.69) is 13.8 Å². The van der Waals surface area contributed by atoms with E-state index in [1.54, 1.807) is 0 Å². The number of aliphatic hydroxyl groups is 1. The minimum atomic E-state index is -0.617. The number of rotatable bonds is 10. The van der Waals surface area contributed by atoms with E-state index in [0.717, 1.165) is 38.7 Å². The minimum absolute atomic E-state index is 0.338. The summed E-state index contributed by atoms with van der Waals surface area (Å²) in [6, 6.07) is 0. The molecule has 0 aromatic rings. The Morgan fingerprint density at radius 2 is 2.16 bits per heavy atom. The van der Waals surface area contributed by atoms with Gasteiger partial charge < -0.3 is 15.6 Å². The number of nitrogens with two attached hydrogens (primary N) is 1. The second-order valence-electron chi connectivity index (χ2n) is 6.22. The molecule has 3 unspecified atom stereocenters. The molecule has 1 aliphatic carbocycles. The highest BCUT2D eigenvalue weighted by molar-refractivity contribution is 4.92. The van der Waals surface area contributed by atoms with Crippen molar-refractivity contribution >= 4 is 0 Å². The van der Waals surface area contributed by atoms with Crippen LogP contribution in [0.4, 0.5) is 0 Å². The van der Waals surface area contributed by atoms with Gasteiger partial charge in [0.25, 0.3) is 0 Å². The molecule has 19 heavy (non-hydrogen) atoms. The molecule has 0 aromatic carbocycles. The second kappa shape index (κ2) is 8.93. The molecule has 0 aliphatic heterocycles. The lowest BCUT2D eigenvalue weighted by Gasteiger charge is -2.28. The van der Waals surface area contributed by atoms with Crippen LogP contribution in [0.25, 0.3) is 0 Å². The maximum absolute atomic E-state index is 10.3. The van der Waals surface area contributed by atoms with Crippen molar-refractivity contribution in [3.05, 3.63) is 0 Å². The lowest BCUT2D eigenvalue weighted by atomic mass is 9.88. The summed E-state index contributed by atoms with van der Waals surface area (Å²) >= 11 is 0. The van der Waals surface area contributed by atoms with Crippen LogP contribution < -0.4 is 5.73 Å². The van der Waals surface area contributed by atoms with Gasteiger partial charge in [0.2, 0.25) is 0 Å². The van der Waals surface area contributed by atoms with Gasteiger partial charge in [0.05, 0.1) is 11.7 Å². The fraction of sp³-hybridized carbons (Fsp3) is 1.00.